The average molecular weight is 463 g/mol. The largest absolute Gasteiger partial charge is 0.350 e. The summed E-state index contributed by atoms with van der Waals surface area (Å²) in [5.41, 5.74) is 2.22. The number of hydrogen-bond donors (Lipinski definition) is 1. The maximum atomic E-state index is 13.3. The lowest BCUT2D eigenvalue weighted by Crippen LogP contribution is -2.40. The summed E-state index contributed by atoms with van der Waals surface area (Å²) in [5, 5.41) is 4.96. The van der Waals surface area contributed by atoms with Gasteiger partial charge in [0.05, 0.1) is 10.6 Å². The summed E-state index contributed by atoms with van der Waals surface area (Å²) < 4.78 is 41.0. The van der Waals surface area contributed by atoms with Gasteiger partial charge in [-0.25, -0.2) is 12.8 Å². The van der Waals surface area contributed by atoms with Gasteiger partial charge in [0.1, 0.15) is 12.4 Å². The summed E-state index contributed by atoms with van der Waals surface area (Å²) in [6.07, 6.45) is 0. The monoisotopic (exact) mass is 462 g/mol. The van der Waals surface area contributed by atoms with E-state index in [1.807, 2.05) is 49.4 Å². The first-order chi connectivity index (χ1) is 15.8. The molecule has 4 aromatic rings. The minimum absolute atomic E-state index is 0.0909. The SMILES string of the molecule is Cc1ccc(N(CC(=O)NCc2ccc3ccccc3c2)S(=O)(=O)c2ccc(F)cc2)cc1. The van der Waals surface area contributed by atoms with E-state index in [9.17, 15) is 17.6 Å². The highest BCUT2D eigenvalue weighted by Crippen LogP contribution is 2.24. The van der Waals surface area contributed by atoms with Crippen molar-refractivity contribution in [1.29, 1.82) is 0 Å². The Hall–Kier alpha value is -3.71. The van der Waals surface area contributed by atoms with Crippen molar-refractivity contribution in [2.75, 3.05) is 10.8 Å². The van der Waals surface area contributed by atoms with E-state index < -0.39 is 28.3 Å². The van der Waals surface area contributed by atoms with Crippen LogP contribution in [0.15, 0.2) is 95.9 Å². The molecule has 4 aromatic carbocycles. The molecule has 0 saturated heterocycles. The smallest absolute Gasteiger partial charge is 0.264 e. The lowest BCUT2D eigenvalue weighted by Gasteiger charge is -2.24. The second-order valence-electron chi connectivity index (χ2n) is 7.76. The number of rotatable bonds is 7. The van der Waals surface area contributed by atoms with Gasteiger partial charge < -0.3 is 5.32 Å². The number of nitrogens with zero attached hydrogens (tertiary/aromatic N) is 1. The third-order valence-corrected chi connectivity index (χ3v) is 7.10. The van der Waals surface area contributed by atoms with Crippen molar-refractivity contribution in [3.63, 3.8) is 0 Å². The van der Waals surface area contributed by atoms with Crippen LogP contribution in [0.1, 0.15) is 11.1 Å². The number of anilines is 1. The number of carbonyl (C=O) groups is 1. The molecule has 5 nitrogen and oxygen atoms in total. The number of fused-ring (bicyclic) bond motifs is 1. The lowest BCUT2D eigenvalue weighted by atomic mass is 10.1. The van der Waals surface area contributed by atoms with Crippen LogP contribution in [-0.2, 0) is 21.4 Å². The first-order valence-electron chi connectivity index (χ1n) is 10.4. The van der Waals surface area contributed by atoms with E-state index in [-0.39, 0.29) is 11.4 Å². The second-order valence-corrected chi connectivity index (χ2v) is 9.62. The van der Waals surface area contributed by atoms with Gasteiger partial charge in [-0.15, -0.1) is 0 Å². The summed E-state index contributed by atoms with van der Waals surface area (Å²) >= 11 is 0. The Bertz CT molecular complexity index is 1390. The van der Waals surface area contributed by atoms with Crippen molar-refractivity contribution in [3.8, 4) is 0 Å². The molecule has 0 aliphatic heterocycles. The first kappa shape index (κ1) is 22.5. The molecule has 0 aliphatic carbocycles. The Balaban J connectivity index is 1.55. The third-order valence-electron chi connectivity index (χ3n) is 5.31. The quantitative estimate of drug-likeness (QED) is 0.429. The summed E-state index contributed by atoms with van der Waals surface area (Å²) in [4.78, 5) is 12.7. The number of halogens is 1. The standard InChI is InChI=1S/C26H23FN2O3S/c1-19-6-12-24(13-7-19)29(33(31,32)25-14-10-23(27)11-15-25)18-26(30)28-17-20-8-9-21-4-2-3-5-22(21)16-20/h2-16H,17-18H2,1H3,(H,28,30). The molecule has 0 bridgehead atoms. The lowest BCUT2D eigenvalue weighted by molar-refractivity contribution is -0.119. The predicted octanol–water partition coefficient (Wildman–Crippen LogP) is 4.80. The number of benzene rings is 4. The molecule has 0 atom stereocenters. The van der Waals surface area contributed by atoms with Gasteiger partial charge in [-0.3, -0.25) is 9.10 Å². The minimum atomic E-state index is -4.08. The number of amides is 1. The Morgan fingerprint density at radius 2 is 1.55 bits per heavy atom. The normalized spacial score (nSPS) is 11.3. The maximum absolute atomic E-state index is 13.3. The molecule has 0 aliphatic rings. The van der Waals surface area contributed by atoms with Gasteiger partial charge >= 0.3 is 0 Å². The Kier molecular flexibility index (Phi) is 6.42. The van der Waals surface area contributed by atoms with Gasteiger partial charge in [-0.2, -0.15) is 0 Å². The van der Waals surface area contributed by atoms with Gasteiger partial charge in [0.25, 0.3) is 10.0 Å². The molecule has 0 saturated carbocycles. The number of nitrogens with one attached hydrogen (secondary N) is 1. The fourth-order valence-corrected chi connectivity index (χ4v) is 4.92. The molecule has 0 aromatic heterocycles. The minimum Gasteiger partial charge on any atom is -0.350 e. The molecule has 0 heterocycles. The fourth-order valence-electron chi connectivity index (χ4n) is 3.50. The fraction of sp³-hybridized carbons (Fsp3) is 0.115. The zero-order valence-corrected chi connectivity index (χ0v) is 18.8. The van der Waals surface area contributed by atoms with Crippen LogP contribution in [-0.4, -0.2) is 20.9 Å². The highest BCUT2D eigenvalue weighted by atomic mass is 32.2. The van der Waals surface area contributed by atoms with Crippen molar-refractivity contribution in [2.24, 2.45) is 0 Å². The second kappa shape index (κ2) is 9.42. The van der Waals surface area contributed by atoms with Crippen LogP contribution in [0.5, 0.6) is 0 Å². The molecule has 33 heavy (non-hydrogen) atoms. The molecule has 0 unspecified atom stereocenters. The van der Waals surface area contributed by atoms with Crippen LogP contribution in [0.25, 0.3) is 10.8 Å². The van der Waals surface area contributed by atoms with Gasteiger partial charge in [-0.1, -0.05) is 54.1 Å². The maximum Gasteiger partial charge on any atom is 0.264 e. The molecule has 0 spiro atoms. The van der Waals surface area contributed by atoms with Crippen molar-refractivity contribution < 1.29 is 17.6 Å². The van der Waals surface area contributed by atoms with Crippen LogP contribution in [0.3, 0.4) is 0 Å². The average Bonchev–Trinajstić information content (AvgIpc) is 2.82. The Morgan fingerprint density at radius 3 is 2.24 bits per heavy atom. The molecular weight excluding hydrogens is 439 g/mol. The van der Waals surface area contributed by atoms with Crippen molar-refractivity contribution in [2.45, 2.75) is 18.4 Å². The Morgan fingerprint density at radius 1 is 0.879 bits per heavy atom. The van der Waals surface area contributed by atoms with E-state index in [2.05, 4.69) is 5.32 Å². The van der Waals surface area contributed by atoms with Gasteiger partial charge in [-0.05, 0) is 65.7 Å². The van der Waals surface area contributed by atoms with E-state index in [1.54, 1.807) is 24.3 Å². The molecule has 4 rings (SSSR count). The zero-order valence-electron chi connectivity index (χ0n) is 18.0. The van der Waals surface area contributed by atoms with Crippen molar-refractivity contribution in [1.82, 2.24) is 5.32 Å². The first-order valence-corrected chi connectivity index (χ1v) is 11.9. The van der Waals surface area contributed by atoms with E-state index in [4.69, 9.17) is 0 Å². The topological polar surface area (TPSA) is 66.5 Å². The van der Waals surface area contributed by atoms with E-state index in [0.717, 1.165) is 38.3 Å². The highest BCUT2D eigenvalue weighted by Gasteiger charge is 2.27. The summed E-state index contributed by atoms with van der Waals surface area (Å²) in [7, 11) is -4.08. The van der Waals surface area contributed by atoms with E-state index in [1.165, 1.54) is 12.1 Å². The van der Waals surface area contributed by atoms with Gasteiger partial charge in [0, 0.05) is 6.54 Å². The molecule has 1 amide bonds. The molecule has 168 valence electrons. The molecular formula is C26H23FN2O3S. The number of sulfonamides is 1. The van der Waals surface area contributed by atoms with Crippen LogP contribution < -0.4 is 9.62 Å². The van der Waals surface area contributed by atoms with Crippen LogP contribution in [0.4, 0.5) is 10.1 Å². The number of aryl methyl sites for hydroxylation is 1. The summed E-state index contributed by atoms with van der Waals surface area (Å²) in [5.74, 6) is -0.988. The molecule has 1 N–H and O–H groups in total. The molecule has 0 fully saturated rings. The molecule has 7 heteroatoms. The summed E-state index contributed by atoms with van der Waals surface area (Å²) in [6, 6.07) is 25.2. The van der Waals surface area contributed by atoms with Gasteiger partial charge in [0.15, 0.2) is 0 Å². The van der Waals surface area contributed by atoms with Crippen molar-refractivity contribution in [3.05, 3.63) is 108 Å². The Labute approximate surface area is 192 Å². The number of carbonyl (C=O) groups excluding carboxylic acids is 1. The number of hydrogen-bond acceptors (Lipinski definition) is 3. The summed E-state index contributed by atoms with van der Waals surface area (Å²) in [6.45, 7) is 1.75. The predicted molar refractivity (Wildman–Crippen MR) is 128 cm³/mol. The highest BCUT2D eigenvalue weighted by molar-refractivity contribution is 7.92. The van der Waals surface area contributed by atoms with Crippen LogP contribution >= 0.6 is 0 Å². The third kappa shape index (κ3) is 5.21. The van der Waals surface area contributed by atoms with E-state index in [0.29, 0.717) is 5.69 Å². The zero-order chi connectivity index (χ0) is 23.4. The van der Waals surface area contributed by atoms with E-state index >= 15 is 0 Å². The molecule has 0 radical (unpaired) electrons. The van der Waals surface area contributed by atoms with Gasteiger partial charge in [0.2, 0.25) is 5.91 Å². The van der Waals surface area contributed by atoms with Crippen molar-refractivity contribution >= 4 is 32.4 Å². The van der Waals surface area contributed by atoms with Crippen LogP contribution in [0, 0.1) is 12.7 Å². The van der Waals surface area contributed by atoms with Crippen LogP contribution in [0.2, 0.25) is 0 Å².